The number of carbonyl (C=O) groups is 1. The summed E-state index contributed by atoms with van der Waals surface area (Å²) in [5.41, 5.74) is 6.77. The third-order valence-corrected chi connectivity index (χ3v) is 5.91. The third kappa shape index (κ3) is 6.45. The number of aliphatic hydroxyl groups excluding tert-OH is 1. The molecule has 4 N–H and O–H groups in total. The van der Waals surface area contributed by atoms with E-state index in [1.807, 2.05) is 0 Å². The number of rotatable bonds is 7. The van der Waals surface area contributed by atoms with Crippen LogP contribution in [0.2, 0.25) is 5.02 Å². The molecule has 1 atom stereocenters. The number of aliphatic hydroxyl groups is 1. The molecule has 1 amide bonds. The highest BCUT2D eigenvalue weighted by Gasteiger charge is 2.23. The number of piperidine rings is 1. The van der Waals surface area contributed by atoms with Gasteiger partial charge in [-0.1, -0.05) is 17.7 Å². The van der Waals surface area contributed by atoms with Gasteiger partial charge in [0.15, 0.2) is 11.6 Å². The minimum atomic E-state index is -0.968. The minimum Gasteiger partial charge on any atom is -0.496 e. The Hall–Kier alpha value is -2.13. The number of carbonyl (C=O) groups excluding carboxylic acids is 1. The second-order valence-corrected chi connectivity index (χ2v) is 8.12. The molecule has 0 aliphatic carbocycles. The van der Waals surface area contributed by atoms with Gasteiger partial charge in [-0.2, -0.15) is 0 Å². The first kappa shape index (κ1) is 26.1. The standard InChI is InChI=1S/C22H26ClF2N3O3.ClH/c1-31-21-10-19(26)16(23)9-15(21)22(30)27-11-13-4-6-28(7-5-13)12-20(29)14-2-3-17(24)18(25)8-14;/h2-3,8-10,13,20,29H,4-7,11-12,26H2,1H3,(H,27,30);1H. The summed E-state index contributed by atoms with van der Waals surface area (Å²) >= 11 is 6.03. The summed E-state index contributed by atoms with van der Waals surface area (Å²) < 4.78 is 31.7. The lowest BCUT2D eigenvalue weighted by Gasteiger charge is -2.33. The number of amides is 1. The van der Waals surface area contributed by atoms with E-state index in [2.05, 4.69) is 10.2 Å². The van der Waals surface area contributed by atoms with Crippen molar-refractivity contribution in [1.29, 1.82) is 0 Å². The molecule has 1 saturated heterocycles. The highest BCUT2D eigenvalue weighted by molar-refractivity contribution is 6.33. The second kappa shape index (κ2) is 11.7. The van der Waals surface area contributed by atoms with Gasteiger partial charge in [0.25, 0.3) is 5.91 Å². The fraction of sp³-hybridized carbons (Fsp3) is 0.409. The topological polar surface area (TPSA) is 87.8 Å². The van der Waals surface area contributed by atoms with Gasteiger partial charge in [0.2, 0.25) is 0 Å². The summed E-state index contributed by atoms with van der Waals surface area (Å²) in [7, 11) is 1.46. The maximum absolute atomic E-state index is 13.4. The van der Waals surface area contributed by atoms with E-state index in [1.165, 1.54) is 25.3 Å². The summed E-state index contributed by atoms with van der Waals surface area (Å²) in [6.45, 7) is 2.31. The lowest BCUT2D eigenvalue weighted by molar-refractivity contribution is 0.0849. The maximum atomic E-state index is 13.4. The Balaban J connectivity index is 0.00000363. The van der Waals surface area contributed by atoms with Crippen LogP contribution in [-0.2, 0) is 0 Å². The van der Waals surface area contributed by atoms with E-state index in [0.29, 0.717) is 40.7 Å². The Bertz CT molecular complexity index is 941. The molecule has 2 aromatic rings. The Kier molecular flexibility index (Phi) is 9.51. The lowest BCUT2D eigenvalue weighted by atomic mass is 9.96. The molecule has 1 aliphatic rings. The van der Waals surface area contributed by atoms with Crippen molar-refractivity contribution < 1.29 is 23.4 Å². The molecular formula is C22H27Cl2F2N3O3. The fourth-order valence-corrected chi connectivity index (χ4v) is 3.85. The van der Waals surface area contributed by atoms with Crippen molar-refractivity contribution in [2.45, 2.75) is 18.9 Å². The summed E-state index contributed by atoms with van der Waals surface area (Å²) in [6.07, 6.45) is 0.781. The number of nitrogen functional groups attached to an aromatic ring is 1. The number of likely N-dealkylation sites (tertiary alicyclic amines) is 1. The average Bonchev–Trinajstić information content (AvgIpc) is 2.76. The number of nitrogens with two attached hydrogens (primary N) is 1. The molecule has 0 aromatic heterocycles. The zero-order valence-corrected chi connectivity index (χ0v) is 19.2. The summed E-state index contributed by atoms with van der Waals surface area (Å²) in [6, 6.07) is 6.45. The SMILES string of the molecule is COc1cc(N)c(Cl)cc1C(=O)NCC1CCN(CC(O)c2ccc(F)c(F)c2)CC1.Cl. The van der Waals surface area contributed by atoms with Gasteiger partial charge in [-0.05, 0) is 55.6 Å². The van der Waals surface area contributed by atoms with Gasteiger partial charge >= 0.3 is 0 Å². The monoisotopic (exact) mass is 489 g/mol. The lowest BCUT2D eigenvalue weighted by Crippen LogP contribution is -2.40. The van der Waals surface area contributed by atoms with Gasteiger partial charge in [0.1, 0.15) is 5.75 Å². The largest absolute Gasteiger partial charge is 0.496 e. The van der Waals surface area contributed by atoms with Gasteiger partial charge in [0, 0.05) is 19.2 Å². The molecule has 0 saturated carbocycles. The average molecular weight is 490 g/mol. The summed E-state index contributed by atoms with van der Waals surface area (Å²) in [4.78, 5) is 14.6. The van der Waals surface area contributed by atoms with Crippen LogP contribution in [0.25, 0.3) is 0 Å². The number of benzene rings is 2. The van der Waals surface area contributed by atoms with E-state index in [9.17, 15) is 18.7 Å². The quantitative estimate of drug-likeness (QED) is 0.514. The van der Waals surface area contributed by atoms with E-state index in [-0.39, 0.29) is 24.2 Å². The molecule has 1 heterocycles. The Morgan fingerprint density at radius 2 is 1.97 bits per heavy atom. The van der Waals surface area contributed by atoms with Crippen LogP contribution in [0, 0.1) is 17.6 Å². The van der Waals surface area contributed by atoms with Gasteiger partial charge in [-0.15, -0.1) is 12.4 Å². The van der Waals surface area contributed by atoms with Crippen LogP contribution in [0.1, 0.15) is 34.9 Å². The Labute approximate surface area is 197 Å². The van der Waals surface area contributed by atoms with E-state index >= 15 is 0 Å². The van der Waals surface area contributed by atoms with Gasteiger partial charge < -0.3 is 25.8 Å². The molecule has 0 radical (unpaired) electrons. The zero-order chi connectivity index (χ0) is 22.5. The number of hydrogen-bond donors (Lipinski definition) is 3. The number of nitrogens with one attached hydrogen (secondary N) is 1. The molecule has 1 unspecified atom stereocenters. The van der Waals surface area contributed by atoms with Crippen LogP contribution < -0.4 is 15.8 Å². The van der Waals surface area contributed by atoms with E-state index < -0.39 is 17.7 Å². The third-order valence-electron chi connectivity index (χ3n) is 5.58. The van der Waals surface area contributed by atoms with Crippen molar-refractivity contribution in [3.8, 4) is 5.75 Å². The Morgan fingerprint density at radius 3 is 2.59 bits per heavy atom. The molecule has 10 heteroatoms. The first-order valence-corrected chi connectivity index (χ1v) is 10.4. The smallest absolute Gasteiger partial charge is 0.255 e. The molecule has 176 valence electrons. The number of methoxy groups -OCH3 is 1. The highest BCUT2D eigenvalue weighted by atomic mass is 35.5. The molecule has 6 nitrogen and oxygen atoms in total. The van der Waals surface area contributed by atoms with Gasteiger partial charge in [-0.3, -0.25) is 4.79 Å². The minimum absolute atomic E-state index is 0. The molecule has 2 aromatic carbocycles. The maximum Gasteiger partial charge on any atom is 0.255 e. The van der Waals surface area contributed by atoms with E-state index in [4.69, 9.17) is 22.1 Å². The van der Waals surface area contributed by atoms with Gasteiger partial charge in [-0.25, -0.2) is 8.78 Å². The first-order valence-electron chi connectivity index (χ1n) is 10.0. The number of hydrogen-bond acceptors (Lipinski definition) is 5. The van der Waals surface area contributed by atoms with Crippen molar-refractivity contribution in [1.82, 2.24) is 10.2 Å². The molecule has 3 rings (SSSR count). The number of nitrogens with zero attached hydrogens (tertiary/aromatic N) is 1. The predicted molar refractivity (Wildman–Crippen MR) is 122 cm³/mol. The zero-order valence-electron chi connectivity index (χ0n) is 17.6. The van der Waals surface area contributed by atoms with Gasteiger partial charge in [0.05, 0.1) is 29.5 Å². The van der Waals surface area contributed by atoms with Crippen molar-refractivity contribution in [2.24, 2.45) is 5.92 Å². The molecule has 0 spiro atoms. The Morgan fingerprint density at radius 1 is 1.28 bits per heavy atom. The van der Waals surface area contributed by atoms with Crippen molar-refractivity contribution in [3.05, 3.63) is 58.1 Å². The molecule has 1 aliphatic heterocycles. The number of β-amino-alcohol motifs (C(OH)–C–C–N with tert-alkyl or cyclic N) is 1. The first-order chi connectivity index (χ1) is 14.8. The van der Waals surface area contributed by atoms with Crippen LogP contribution in [0.4, 0.5) is 14.5 Å². The van der Waals surface area contributed by atoms with Crippen molar-refractivity contribution in [2.75, 3.05) is 39.0 Å². The molecule has 1 fully saturated rings. The summed E-state index contributed by atoms with van der Waals surface area (Å²) in [5, 5.41) is 13.5. The molecule has 0 bridgehead atoms. The fourth-order valence-electron chi connectivity index (χ4n) is 3.69. The predicted octanol–water partition coefficient (Wildman–Crippen LogP) is 3.81. The normalized spacial score (nSPS) is 15.7. The summed E-state index contributed by atoms with van der Waals surface area (Å²) in [5.74, 6) is -1.53. The van der Waals surface area contributed by atoms with Crippen LogP contribution in [0.15, 0.2) is 30.3 Å². The van der Waals surface area contributed by atoms with Crippen molar-refractivity contribution in [3.63, 3.8) is 0 Å². The van der Waals surface area contributed by atoms with Crippen LogP contribution >= 0.6 is 24.0 Å². The van der Waals surface area contributed by atoms with Crippen LogP contribution in [0.3, 0.4) is 0 Å². The van der Waals surface area contributed by atoms with Crippen LogP contribution in [-0.4, -0.2) is 49.2 Å². The van der Waals surface area contributed by atoms with E-state index in [1.54, 1.807) is 0 Å². The van der Waals surface area contributed by atoms with Crippen molar-refractivity contribution >= 4 is 35.6 Å². The molecule has 32 heavy (non-hydrogen) atoms. The molecular weight excluding hydrogens is 463 g/mol. The highest BCUT2D eigenvalue weighted by Crippen LogP contribution is 2.29. The van der Waals surface area contributed by atoms with Crippen LogP contribution in [0.5, 0.6) is 5.75 Å². The number of ether oxygens (including phenoxy) is 1. The second-order valence-electron chi connectivity index (χ2n) is 7.72. The number of halogens is 4. The van der Waals surface area contributed by atoms with E-state index in [0.717, 1.165) is 38.1 Å². The number of anilines is 1.